The zero-order valence-electron chi connectivity index (χ0n) is 29.8. The number of furan rings is 1. The minimum Gasteiger partial charge on any atom is -0.456 e. The van der Waals surface area contributed by atoms with Gasteiger partial charge in [-0.25, -0.2) is 0 Å². The van der Waals surface area contributed by atoms with E-state index in [0.717, 1.165) is 50.1 Å². The summed E-state index contributed by atoms with van der Waals surface area (Å²) in [6, 6.07) is 67.8. The van der Waals surface area contributed by atoms with Gasteiger partial charge in [0.1, 0.15) is 11.2 Å². The Morgan fingerprint density at radius 3 is 1.74 bits per heavy atom. The first-order valence-electron chi connectivity index (χ1n) is 18.4. The Labute approximate surface area is 310 Å². The summed E-state index contributed by atoms with van der Waals surface area (Å²) in [5.41, 5.74) is 17.4. The predicted octanol–water partition coefficient (Wildman–Crippen LogP) is 14.4. The molecule has 0 atom stereocenters. The number of hydrogen-bond donors (Lipinski definition) is 0. The summed E-state index contributed by atoms with van der Waals surface area (Å²) in [5.74, 6) is 0. The van der Waals surface area contributed by atoms with Gasteiger partial charge in [-0.1, -0.05) is 166 Å². The molecule has 2 nitrogen and oxygen atoms in total. The molecular formula is C51H37NO. The molecule has 1 aromatic heterocycles. The molecule has 0 unspecified atom stereocenters. The highest BCUT2D eigenvalue weighted by Crippen LogP contribution is 2.55. The molecule has 0 aliphatic heterocycles. The van der Waals surface area contributed by atoms with E-state index in [1.807, 2.05) is 6.07 Å². The second kappa shape index (κ2) is 12.3. The van der Waals surface area contributed by atoms with Gasteiger partial charge in [0.2, 0.25) is 0 Å². The van der Waals surface area contributed by atoms with Crippen molar-refractivity contribution in [1.29, 1.82) is 0 Å². The average Bonchev–Trinajstić information content (AvgIpc) is 3.71. The Morgan fingerprint density at radius 2 is 0.943 bits per heavy atom. The van der Waals surface area contributed by atoms with Crippen LogP contribution < -0.4 is 4.90 Å². The van der Waals surface area contributed by atoms with Crippen molar-refractivity contribution in [3.05, 3.63) is 199 Å². The van der Waals surface area contributed by atoms with Gasteiger partial charge >= 0.3 is 0 Å². The summed E-state index contributed by atoms with van der Waals surface area (Å²) in [5, 5.41) is 2.25. The third-order valence-electron chi connectivity index (χ3n) is 11.1. The van der Waals surface area contributed by atoms with Crippen LogP contribution in [0.2, 0.25) is 0 Å². The van der Waals surface area contributed by atoms with Crippen LogP contribution in [-0.2, 0) is 5.41 Å². The lowest BCUT2D eigenvalue weighted by Gasteiger charge is -2.31. The first-order chi connectivity index (χ1) is 26.1. The van der Waals surface area contributed by atoms with Gasteiger partial charge in [-0.2, -0.15) is 0 Å². The molecule has 1 aliphatic carbocycles. The molecule has 0 radical (unpaired) electrons. The molecule has 0 spiro atoms. The van der Waals surface area contributed by atoms with Crippen LogP contribution in [0.1, 0.15) is 25.0 Å². The van der Waals surface area contributed by atoms with Crippen molar-refractivity contribution in [2.24, 2.45) is 0 Å². The Balaban J connectivity index is 1.21. The first kappa shape index (κ1) is 31.1. The third kappa shape index (κ3) is 4.94. The number of fused-ring (bicyclic) bond motifs is 6. The van der Waals surface area contributed by atoms with E-state index in [2.05, 4.69) is 201 Å². The molecule has 0 N–H and O–H groups in total. The SMILES string of the molecule is CC1(C)c2ccccc2-c2c(N(c3ccc(-c4ccccc4-c4ccccc4)cc3)c3ccccc3-c3cccc4oc5ccccc5c34)cccc21. The summed E-state index contributed by atoms with van der Waals surface area (Å²) in [7, 11) is 0. The molecule has 0 amide bonds. The van der Waals surface area contributed by atoms with Crippen LogP contribution in [0.4, 0.5) is 17.1 Å². The van der Waals surface area contributed by atoms with Gasteiger partial charge in [0, 0.05) is 33.0 Å². The van der Waals surface area contributed by atoms with E-state index in [9.17, 15) is 0 Å². The molecule has 1 aliphatic rings. The Kier molecular flexibility index (Phi) is 7.19. The minimum atomic E-state index is -0.126. The van der Waals surface area contributed by atoms with Gasteiger partial charge in [0.25, 0.3) is 0 Å². The fraction of sp³-hybridized carbons (Fsp3) is 0.0588. The smallest absolute Gasteiger partial charge is 0.136 e. The molecule has 0 saturated heterocycles. The zero-order valence-corrected chi connectivity index (χ0v) is 29.8. The second-order valence-corrected chi connectivity index (χ2v) is 14.5. The standard InChI is InChI=1S/C51H37NO/c1-51(2)43-24-11-8-21-41(43)50-44(51)25-15-27-46(50)52(36-32-30-35(31-33-36)38-19-7-6-18-37(38)34-16-4-3-5-17-34)45-26-12-9-20-39(45)40-23-14-29-48-49(40)42-22-10-13-28-47(42)53-48/h3-33H,1-2H3. The number of anilines is 3. The van der Waals surface area contributed by atoms with Crippen LogP contribution in [0, 0.1) is 0 Å². The van der Waals surface area contributed by atoms with Gasteiger partial charge in [0.15, 0.2) is 0 Å². The summed E-state index contributed by atoms with van der Waals surface area (Å²) in [4.78, 5) is 2.47. The molecule has 10 rings (SSSR count). The molecular weight excluding hydrogens is 643 g/mol. The second-order valence-electron chi connectivity index (χ2n) is 14.5. The Morgan fingerprint density at radius 1 is 0.396 bits per heavy atom. The van der Waals surface area contributed by atoms with E-state index in [4.69, 9.17) is 4.42 Å². The number of para-hydroxylation sites is 2. The maximum atomic E-state index is 6.39. The van der Waals surface area contributed by atoms with Gasteiger partial charge in [-0.3, -0.25) is 0 Å². The summed E-state index contributed by atoms with van der Waals surface area (Å²) < 4.78 is 6.39. The lowest BCUT2D eigenvalue weighted by atomic mass is 9.82. The predicted molar refractivity (Wildman–Crippen MR) is 222 cm³/mol. The van der Waals surface area contributed by atoms with Gasteiger partial charge in [-0.15, -0.1) is 0 Å². The van der Waals surface area contributed by atoms with E-state index in [-0.39, 0.29) is 5.41 Å². The topological polar surface area (TPSA) is 16.4 Å². The summed E-state index contributed by atoms with van der Waals surface area (Å²) in [6.45, 7) is 4.70. The molecule has 2 heteroatoms. The molecule has 0 saturated carbocycles. The number of benzene rings is 8. The fourth-order valence-electron chi connectivity index (χ4n) is 8.62. The zero-order chi connectivity index (χ0) is 35.5. The van der Waals surface area contributed by atoms with Gasteiger partial charge in [0.05, 0.1) is 11.4 Å². The Hall–Kier alpha value is -6.64. The quantitative estimate of drug-likeness (QED) is 0.174. The minimum absolute atomic E-state index is 0.126. The maximum Gasteiger partial charge on any atom is 0.136 e. The van der Waals surface area contributed by atoms with E-state index < -0.39 is 0 Å². The Bertz CT molecular complexity index is 2810. The highest BCUT2D eigenvalue weighted by Gasteiger charge is 2.38. The normalized spacial score (nSPS) is 12.9. The molecule has 53 heavy (non-hydrogen) atoms. The molecule has 9 aromatic rings. The van der Waals surface area contributed by atoms with Crippen molar-refractivity contribution in [1.82, 2.24) is 0 Å². The van der Waals surface area contributed by atoms with Crippen molar-refractivity contribution in [2.75, 3.05) is 4.90 Å². The van der Waals surface area contributed by atoms with E-state index in [1.54, 1.807) is 0 Å². The van der Waals surface area contributed by atoms with Gasteiger partial charge < -0.3 is 9.32 Å². The molecule has 252 valence electrons. The third-order valence-corrected chi connectivity index (χ3v) is 11.1. The van der Waals surface area contributed by atoms with E-state index in [1.165, 1.54) is 44.5 Å². The van der Waals surface area contributed by atoms with Crippen LogP contribution in [0.15, 0.2) is 192 Å². The largest absolute Gasteiger partial charge is 0.456 e. The monoisotopic (exact) mass is 679 g/mol. The van der Waals surface area contributed by atoms with Crippen molar-refractivity contribution in [3.63, 3.8) is 0 Å². The molecule has 1 heterocycles. The van der Waals surface area contributed by atoms with Crippen molar-refractivity contribution in [3.8, 4) is 44.5 Å². The van der Waals surface area contributed by atoms with Crippen LogP contribution in [0.25, 0.3) is 66.4 Å². The number of rotatable bonds is 6. The fourth-order valence-corrected chi connectivity index (χ4v) is 8.62. The van der Waals surface area contributed by atoms with Gasteiger partial charge in [-0.05, 0) is 80.9 Å². The molecule has 0 fully saturated rings. The van der Waals surface area contributed by atoms with Crippen LogP contribution in [-0.4, -0.2) is 0 Å². The lowest BCUT2D eigenvalue weighted by molar-refractivity contribution is 0.660. The van der Waals surface area contributed by atoms with Crippen LogP contribution in [0.3, 0.4) is 0 Å². The lowest BCUT2D eigenvalue weighted by Crippen LogP contribution is -2.16. The maximum absolute atomic E-state index is 6.39. The van der Waals surface area contributed by atoms with E-state index >= 15 is 0 Å². The molecule has 8 aromatic carbocycles. The highest BCUT2D eigenvalue weighted by molar-refractivity contribution is 6.14. The van der Waals surface area contributed by atoms with Crippen LogP contribution >= 0.6 is 0 Å². The number of hydrogen-bond acceptors (Lipinski definition) is 2. The van der Waals surface area contributed by atoms with Crippen molar-refractivity contribution >= 4 is 39.0 Å². The van der Waals surface area contributed by atoms with Crippen molar-refractivity contribution < 1.29 is 4.42 Å². The molecule has 0 bridgehead atoms. The van der Waals surface area contributed by atoms with Crippen LogP contribution in [0.5, 0.6) is 0 Å². The number of nitrogens with zero attached hydrogens (tertiary/aromatic N) is 1. The van der Waals surface area contributed by atoms with E-state index in [0.29, 0.717) is 0 Å². The average molecular weight is 680 g/mol. The van der Waals surface area contributed by atoms with Crippen molar-refractivity contribution in [2.45, 2.75) is 19.3 Å². The first-order valence-corrected chi connectivity index (χ1v) is 18.4. The highest BCUT2D eigenvalue weighted by atomic mass is 16.3. The summed E-state index contributed by atoms with van der Waals surface area (Å²) >= 11 is 0. The summed E-state index contributed by atoms with van der Waals surface area (Å²) in [6.07, 6.45) is 0.